The number of carbonyl (C=O) groups is 1. The molecule has 1 aromatic carbocycles. The molecule has 0 bridgehead atoms. The van der Waals surface area contributed by atoms with Crippen LogP contribution in [0.1, 0.15) is 10.4 Å². The second-order valence-electron chi connectivity index (χ2n) is 5.65. The molecular formula is C17H17Cl2NO3S2. The van der Waals surface area contributed by atoms with Crippen LogP contribution in [0, 0.1) is 0 Å². The second kappa shape index (κ2) is 8.54. The summed E-state index contributed by atoms with van der Waals surface area (Å²) < 4.78 is 17.7. The molecule has 1 aliphatic heterocycles. The SMILES string of the molecule is O=C(CS(=O)CCOc1ccc(Cl)cc1Cl)N1CCc2sccc2C1. The number of hydrogen-bond acceptors (Lipinski definition) is 4. The highest BCUT2D eigenvalue weighted by molar-refractivity contribution is 7.85. The van der Waals surface area contributed by atoms with E-state index in [0.29, 0.717) is 28.9 Å². The fraction of sp³-hybridized carbons (Fsp3) is 0.353. The Labute approximate surface area is 163 Å². The molecule has 0 saturated heterocycles. The Kier molecular flexibility index (Phi) is 6.39. The molecule has 2 aromatic rings. The molecule has 0 aliphatic carbocycles. The molecule has 0 spiro atoms. The molecule has 0 radical (unpaired) electrons. The van der Waals surface area contributed by atoms with Crippen LogP contribution in [0.2, 0.25) is 10.0 Å². The first-order valence-electron chi connectivity index (χ1n) is 7.79. The maximum atomic E-state index is 12.3. The maximum absolute atomic E-state index is 12.3. The van der Waals surface area contributed by atoms with E-state index in [0.717, 1.165) is 6.42 Å². The average molecular weight is 418 g/mol. The molecule has 3 rings (SSSR count). The van der Waals surface area contributed by atoms with Crippen molar-refractivity contribution in [2.75, 3.05) is 24.7 Å². The number of fused-ring (bicyclic) bond motifs is 1. The second-order valence-corrected chi connectivity index (χ2v) is 9.07. The summed E-state index contributed by atoms with van der Waals surface area (Å²) in [5.74, 6) is 0.731. The van der Waals surface area contributed by atoms with Crippen molar-refractivity contribution in [1.29, 1.82) is 0 Å². The molecule has 8 heteroatoms. The summed E-state index contributed by atoms with van der Waals surface area (Å²) in [7, 11) is -1.27. The van der Waals surface area contributed by atoms with E-state index in [4.69, 9.17) is 27.9 Å². The van der Waals surface area contributed by atoms with Crippen LogP contribution in [0.25, 0.3) is 0 Å². The molecule has 0 saturated carbocycles. The Morgan fingerprint density at radius 2 is 2.16 bits per heavy atom. The molecule has 4 nitrogen and oxygen atoms in total. The van der Waals surface area contributed by atoms with Crippen molar-refractivity contribution in [3.05, 3.63) is 50.1 Å². The van der Waals surface area contributed by atoms with Crippen LogP contribution in [-0.2, 0) is 28.6 Å². The normalized spacial score (nSPS) is 14.9. The van der Waals surface area contributed by atoms with Crippen molar-refractivity contribution in [3.63, 3.8) is 0 Å². The Hall–Kier alpha value is -1.08. The highest BCUT2D eigenvalue weighted by Gasteiger charge is 2.22. The van der Waals surface area contributed by atoms with Crippen LogP contribution < -0.4 is 4.74 Å². The van der Waals surface area contributed by atoms with Gasteiger partial charge < -0.3 is 9.64 Å². The van der Waals surface area contributed by atoms with Crippen LogP contribution in [0.15, 0.2) is 29.6 Å². The molecule has 25 heavy (non-hydrogen) atoms. The number of thiophene rings is 1. The van der Waals surface area contributed by atoms with Crippen molar-refractivity contribution < 1.29 is 13.7 Å². The molecule has 1 aliphatic rings. The van der Waals surface area contributed by atoms with Gasteiger partial charge in [-0.15, -0.1) is 11.3 Å². The summed E-state index contributed by atoms with van der Waals surface area (Å²) in [6.45, 7) is 1.54. The van der Waals surface area contributed by atoms with Gasteiger partial charge in [-0.3, -0.25) is 9.00 Å². The van der Waals surface area contributed by atoms with E-state index in [1.54, 1.807) is 34.4 Å². The molecule has 1 unspecified atom stereocenters. The highest BCUT2D eigenvalue weighted by atomic mass is 35.5. The predicted octanol–water partition coefficient (Wildman–Crippen LogP) is 3.77. The monoisotopic (exact) mass is 417 g/mol. The first kappa shape index (κ1) is 18.7. The van der Waals surface area contributed by atoms with Crippen LogP contribution in [0.3, 0.4) is 0 Å². The zero-order valence-electron chi connectivity index (χ0n) is 13.4. The minimum atomic E-state index is -1.27. The Bertz CT molecular complexity index is 794. The lowest BCUT2D eigenvalue weighted by atomic mass is 10.1. The molecular weight excluding hydrogens is 401 g/mol. The largest absolute Gasteiger partial charge is 0.491 e. The van der Waals surface area contributed by atoms with Gasteiger partial charge in [-0.25, -0.2) is 0 Å². The summed E-state index contributed by atoms with van der Waals surface area (Å²) in [5.41, 5.74) is 1.20. The van der Waals surface area contributed by atoms with Gasteiger partial charge in [0.1, 0.15) is 11.5 Å². The van der Waals surface area contributed by atoms with Gasteiger partial charge in [0.2, 0.25) is 5.91 Å². The van der Waals surface area contributed by atoms with Crippen molar-refractivity contribution in [2.24, 2.45) is 0 Å². The maximum Gasteiger partial charge on any atom is 0.235 e. The van der Waals surface area contributed by atoms with E-state index in [-0.39, 0.29) is 24.0 Å². The van der Waals surface area contributed by atoms with E-state index in [2.05, 4.69) is 11.4 Å². The molecule has 0 fully saturated rings. The number of halogens is 2. The van der Waals surface area contributed by atoms with E-state index >= 15 is 0 Å². The predicted molar refractivity (Wildman–Crippen MR) is 103 cm³/mol. The van der Waals surface area contributed by atoms with Gasteiger partial charge >= 0.3 is 0 Å². The average Bonchev–Trinajstić information content (AvgIpc) is 3.04. The lowest BCUT2D eigenvalue weighted by Gasteiger charge is -2.26. The van der Waals surface area contributed by atoms with Crippen molar-refractivity contribution in [2.45, 2.75) is 13.0 Å². The fourth-order valence-corrected chi connectivity index (χ4v) is 4.82. The molecule has 1 atom stereocenters. The van der Waals surface area contributed by atoms with Gasteiger partial charge in [-0.05, 0) is 41.6 Å². The number of ether oxygens (including phenoxy) is 1. The van der Waals surface area contributed by atoms with Crippen LogP contribution in [0.5, 0.6) is 5.75 Å². The van der Waals surface area contributed by atoms with E-state index in [9.17, 15) is 9.00 Å². The summed E-state index contributed by atoms with van der Waals surface area (Å²) in [4.78, 5) is 15.5. The number of hydrogen-bond donors (Lipinski definition) is 0. The Morgan fingerprint density at radius 3 is 2.96 bits per heavy atom. The van der Waals surface area contributed by atoms with E-state index in [1.807, 2.05) is 0 Å². The summed E-state index contributed by atoms with van der Waals surface area (Å²) in [6.07, 6.45) is 0.879. The van der Waals surface area contributed by atoms with Gasteiger partial charge in [0.15, 0.2) is 0 Å². The lowest BCUT2D eigenvalue weighted by Crippen LogP contribution is -2.38. The molecule has 2 heterocycles. The third kappa shape index (κ3) is 4.97. The fourth-order valence-electron chi connectivity index (χ4n) is 2.60. The zero-order valence-corrected chi connectivity index (χ0v) is 16.5. The van der Waals surface area contributed by atoms with Crippen molar-refractivity contribution >= 4 is 51.2 Å². The topological polar surface area (TPSA) is 46.6 Å². The molecule has 134 valence electrons. The number of amides is 1. The van der Waals surface area contributed by atoms with Crippen LogP contribution in [-0.4, -0.2) is 39.7 Å². The van der Waals surface area contributed by atoms with Gasteiger partial charge in [-0.2, -0.15) is 0 Å². The first-order valence-corrected chi connectivity index (χ1v) is 10.9. The summed E-state index contributed by atoms with van der Waals surface area (Å²) in [6, 6.07) is 7.00. The third-order valence-corrected chi connectivity index (χ3v) is 6.65. The van der Waals surface area contributed by atoms with Crippen LogP contribution >= 0.6 is 34.5 Å². The number of rotatable bonds is 6. The van der Waals surface area contributed by atoms with Crippen molar-refractivity contribution in [3.8, 4) is 5.75 Å². The molecule has 1 amide bonds. The highest BCUT2D eigenvalue weighted by Crippen LogP contribution is 2.27. The quantitative estimate of drug-likeness (QED) is 0.718. The standard InChI is InChI=1S/C17H17Cl2NO3S2/c18-13-1-2-15(14(19)9-13)23-6-8-25(22)11-17(21)20-5-3-16-12(10-20)4-7-24-16/h1-2,4,7,9H,3,5-6,8,10-11H2. The van der Waals surface area contributed by atoms with Gasteiger partial charge in [0.05, 0.1) is 17.4 Å². The number of nitrogens with zero attached hydrogens (tertiary/aromatic N) is 1. The Balaban J connectivity index is 1.44. The summed E-state index contributed by atoms with van der Waals surface area (Å²) >= 11 is 13.6. The Morgan fingerprint density at radius 1 is 1.32 bits per heavy atom. The first-order chi connectivity index (χ1) is 12.0. The van der Waals surface area contributed by atoms with E-state index < -0.39 is 10.8 Å². The van der Waals surface area contributed by atoms with Gasteiger partial charge in [0.25, 0.3) is 0 Å². The molecule has 1 aromatic heterocycles. The van der Waals surface area contributed by atoms with E-state index in [1.165, 1.54) is 10.4 Å². The third-order valence-electron chi connectivity index (χ3n) is 3.91. The van der Waals surface area contributed by atoms with Crippen molar-refractivity contribution in [1.82, 2.24) is 4.90 Å². The van der Waals surface area contributed by atoms with Crippen LogP contribution in [0.4, 0.5) is 0 Å². The number of benzene rings is 1. The number of carbonyl (C=O) groups excluding carboxylic acids is 1. The van der Waals surface area contributed by atoms with Gasteiger partial charge in [-0.1, -0.05) is 23.2 Å². The van der Waals surface area contributed by atoms with Gasteiger partial charge in [0, 0.05) is 33.8 Å². The zero-order chi connectivity index (χ0) is 17.8. The minimum Gasteiger partial charge on any atom is -0.491 e. The smallest absolute Gasteiger partial charge is 0.235 e. The summed E-state index contributed by atoms with van der Waals surface area (Å²) in [5, 5.41) is 2.99. The minimum absolute atomic E-state index is 0.0250. The molecule has 0 N–H and O–H groups in total. The lowest BCUT2D eigenvalue weighted by molar-refractivity contribution is -0.129.